The zero-order chi connectivity index (χ0) is 24.1. The molecule has 0 heterocycles. The van der Waals surface area contributed by atoms with Crippen molar-refractivity contribution in [2.24, 2.45) is 0 Å². The molecule has 0 bridgehead atoms. The monoisotopic (exact) mass is 475 g/mol. The van der Waals surface area contributed by atoms with Crippen molar-refractivity contribution in [3.8, 4) is 0 Å². The molecular weight excluding hydrogens is 418 g/mol. The molecule has 194 valence electrons. The Labute approximate surface area is 202 Å². The zero-order valence-corrected chi connectivity index (χ0v) is 23.8. The predicted molar refractivity (Wildman–Crippen MR) is 141 cm³/mol. The Balaban J connectivity index is 4.80. The first-order chi connectivity index (χ1) is 15.5. The molecule has 0 N–H and O–H groups in total. The third-order valence-corrected chi connectivity index (χ3v) is 9.07. The number of rotatable bonds is 24. The molecule has 0 aliphatic rings. The van der Waals surface area contributed by atoms with Gasteiger partial charge in [0.15, 0.2) is 0 Å². The Hall–Kier alpha value is -0.0231. The first-order valence-corrected chi connectivity index (χ1v) is 15.6. The summed E-state index contributed by atoms with van der Waals surface area (Å²) in [6.45, 7) is 27.8. The summed E-state index contributed by atoms with van der Waals surface area (Å²) in [5.74, 6) is 0. The molecule has 0 fully saturated rings. The fourth-order valence-corrected chi connectivity index (χ4v) is 6.97. The van der Waals surface area contributed by atoms with Crippen molar-refractivity contribution < 1.29 is 13.3 Å². The summed E-state index contributed by atoms with van der Waals surface area (Å²) in [4.78, 5) is 7.83. The van der Waals surface area contributed by atoms with Crippen molar-refractivity contribution in [2.45, 2.75) is 86.6 Å². The van der Waals surface area contributed by atoms with Crippen molar-refractivity contribution in [1.82, 2.24) is 14.7 Å². The number of nitrogens with zero attached hydrogens (tertiary/aromatic N) is 3. The smallest absolute Gasteiger partial charge is 0.374 e. The van der Waals surface area contributed by atoms with E-state index in [0.717, 1.165) is 32.1 Å². The minimum Gasteiger partial charge on any atom is -0.374 e. The molecule has 6 nitrogen and oxygen atoms in total. The van der Waals surface area contributed by atoms with Gasteiger partial charge in [-0.2, -0.15) is 0 Å². The predicted octanol–water partition coefficient (Wildman–Crippen LogP) is 4.97. The molecule has 0 saturated heterocycles. The van der Waals surface area contributed by atoms with Gasteiger partial charge in [0, 0.05) is 25.9 Å². The van der Waals surface area contributed by atoms with Crippen LogP contribution in [0, 0.1) is 0 Å². The Morgan fingerprint density at radius 3 is 1.19 bits per heavy atom. The second-order valence-corrected chi connectivity index (χ2v) is 11.2. The standard InChI is InChI=1S/C25H57N3O3Si/c1-8-18-26(10-3)20-15-22-28(23-16-21-27(11-4)19-9-2)24-17-25-32(29-12-5,30-13-6)31-14-7/h8-25H2,1-7H3. The maximum atomic E-state index is 6.06. The van der Waals surface area contributed by atoms with Gasteiger partial charge in [-0.3, -0.25) is 0 Å². The quantitative estimate of drug-likeness (QED) is 0.183. The maximum Gasteiger partial charge on any atom is 0.500 e. The molecule has 0 amide bonds. The highest BCUT2D eigenvalue weighted by Crippen LogP contribution is 2.19. The van der Waals surface area contributed by atoms with Crippen molar-refractivity contribution in [2.75, 3.05) is 78.7 Å². The van der Waals surface area contributed by atoms with E-state index < -0.39 is 8.80 Å². The Morgan fingerprint density at radius 2 is 0.844 bits per heavy atom. The normalized spacial score (nSPS) is 12.6. The van der Waals surface area contributed by atoms with Gasteiger partial charge in [-0.25, -0.2) is 0 Å². The van der Waals surface area contributed by atoms with Crippen LogP contribution in [0.4, 0.5) is 0 Å². The van der Waals surface area contributed by atoms with Crippen LogP contribution in [-0.4, -0.2) is 102 Å². The molecule has 32 heavy (non-hydrogen) atoms. The minimum absolute atomic E-state index is 0.657. The van der Waals surface area contributed by atoms with Crippen molar-refractivity contribution in [3.05, 3.63) is 0 Å². The van der Waals surface area contributed by atoms with Gasteiger partial charge in [-0.1, -0.05) is 27.7 Å². The van der Waals surface area contributed by atoms with Crippen LogP contribution < -0.4 is 0 Å². The summed E-state index contributed by atoms with van der Waals surface area (Å²) in [6, 6.07) is 0.910. The molecule has 0 aromatic carbocycles. The van der Waals surface area contributed by atoms with E-state index in [0.29, 0.717) is 19.8 Å². The second kappa shape index (κ2) is 21.5. The van der Waals surface area contributed by atoms with Crippen LogP contribution in [0.3, 0.4) is 0 Å². The molecular formula is C25H57N3O3Si. The summed E-state index contributed by atoms with van der Waals surface area (Å²) in [5.41, 5.74) is 0. The summed E-state index contributed by atoms with van der Waals surface area (Å²) in [6.07, 6.45) is 6.03. The topological polar surface area (TPSA) is 37.4 Å². The van der Waals surface area contributed by atoms with Crippen LogP contribution in [0.2, 0.25) is 6.04 Å². The molecule has 0 rings (SSSR count). The van der Waals surface area contributed by atoms with Crippen LogP contribution in [-0.2, 0) is 13.3 Å². The van der Waals surface area contributed by atoms with Crippen molar-refractivity contribution in [3.63, 3.8) is 0 Å². The fourth-order valence-electron chi connectivity index (χ4n) is 4.38. The molecule has 7 heteroatoms. The number of hydrogen-bond acceptors (Lipinski definition) is 6. The van der Waals surface area contributed by atoms with E-state index in [1.165, 1.54) is 65.0 Å². The third-order valence-electron chi connectivity index (χ3n) is 5.92. The van der Waals surface area contributed by atoms with Gasteiger partial charge in [-0.15, -0.1) is 0 Å². The molecule has 0 spiro atoms. The van der Waals surface area contributed by atoms with Crippen LogP contribution in [0.5, 0.6) is 0 Å². The lowest BCUT2D eigenvalue weighted by Gasteiger charge is -2.30. The van der Waals surface area contributed by atoms with Crippen LogP contribution in [0.1, 0.15) is 80.6 Å². The lowest BCUT2D eigenvalue weighted by Crippen LogP contribution is -2.46. The largest absolute Gasteiger partial charge is 0.500 e. The second-order valence-electron chi connectivity index (χ2n) is 8.50. The molecule has 0 aromatic rings. The van der Waals surface area contributed by atoms with Crippen molar-refractivity contribution in [1.29, 1.82) is 0 Å². The van der Waals surface area contributed by atoms with E-state index in [1.807, 2.05) is 20.8 Å². The van der Waals surface area contributed by atoms with E-state index in [1.54, 1.807) is 0 Å². The summed E-state index contributed by atoms with van der Waals surface area (Å²) >= 11 is 0. The van der Waals surface area contributed by atoms with E-state index >= 15 is 0 Å². The first-order valence-electron chi connectivity index (χ1n) is 13.6. The van der Waals surface area contributed by atoms with Gasteiger partial charge in [0.2, 0.25) is 0 Å². The summed E-state index contributed by atoms with van der Waals surface area (Å²) < 4.78 is 18.2. The molecule has 0 saturated carbocycles. The van der Waals surface area contributed by atoms with E-state index in [4.69, 9.17) is 13.3 Å². The van der Waals surface area contributed by atoms with Gasteiger partial charge in [-0.05, 0) is 112 Å². The van der Waals surface area contributed by atoms with E-state index in [9.17, 15) is 0 Å². The lowest BCUT2D eigenvalue weighted by molar-refractivity contribution is 0.0698. The molecule has 0 aromatic heterocycles. The summed E-state index contributed by atoms with van der Waals surface area (Å²) in [5, 5.41) is 0. The van der Waals surface area contributed by atoms with E-state index in [2.05, 4.69) is 42.4 Å². The Morgan fingerprint density at radius 1 is 0.469 bits per heavy atom. The Bertz CT molecular complexity index is 368. The van der Waals surface area contributed by atoms with Crippen LogP contribution in [0.15, 0.2) is 0 Å². The molecule has 0 radical (unpaired) electrons. The average Bonchev–Trinajstić information content (AvgIpc) is 2.78. The maximum absolute atomic E-state index is 6.06. The number of hydrogen-bond donors (Lipinski definition) is 0. The zero-order valence-electron chi connectivity index (χ0n) is 22.8. The highest BCUT2D eigenvalue weighted by atomic mass is 28.4. The van der Waals surface area contributed by atoms with Gasteiger partial charge < -0.3 is 28.0 Å². The molecule has 0 aliphatic heterocycles. The highest BCUT2D eigenvalue weighted by molar-refractivity contribution is 6.60. The van der Waals surface area contributed by atoms with Crippen LogP contribution >= 0.6 is 0 Å². The van der Waals surface area contributed by atoms with E-state index in [-0.39, 0.29) is 0 Å². The van der Waals surface area contributed by atoms with Gasteiger partial charge >= 0.3 is 8.80 Å². The van der Waals surface area contributed by atoms with Gasteiger partial charge in [0.1, 0.15) is 0 Å². The first kappa shape index (κ1) is 32.0. The third kappa shape index (κ3) is 15.0. The molecule has 0 atom stereocenters. The van der Waals surface area contributed by atoms with Gasteiger partial charge in [0.05, 0.1) is 0 Å². The Kier molecular flexibility index (Phi) is 21.5. The van der Waals surface area contributed by atoms with Crippen molar-refractivity contribution >= 4 is 8.80 Å². The average molecular weight is 476 g/mol. The summed E-state index contributed by atoms with van der Waals surface area (Å²) in [7, 11) is -2.54. The highest BCUT2D eigenvalue weighted by Gasteiger charge is 2.39. The molecule has 0 unspecified atom stereocenters. The minimum atomic E-state index is -2.54. The lowest BCUT2D eigenvalue weighted by atomic mass is 10.2. The van der Waals surface area contributed by atoms with Crippen LogP contribution in [0.25, 0.3) is 0 Å². The van der Waals surface area contributed by atoms with Gasteiger partial charge in [0.25, 0.3) is 0 Å². The molecule has 0 aliphatic carbocycles. The fraction of sp³-hybridized carbons (Fsp3) is 1.00. The SMILES string of the molecule is CCCN(CC)CCCN(CCCN(CC)CCC)CCC[Si](OCC)(OCC)OCC.